The lowest BCUT2D eigenvalue weighted by Crippen LogP contribution is -2.34. The lowest BCUT2D eigenvalue weighted by atomic mass is 10.3. The van der Waals surface area contributed by atoms with Crippen LogP contribution in [0.25, 0.3) is 0 Å². The smallest absolute Gasteiger partial charge is 0.259 e. The average molecular weight is 226 g/mol. The Kier molecular flexibility index (Phi) is 4.78. The minimum Gasteiger partial charge on any atom is -0.383 e. The molecule has 0 aliphatic carbocycles. The average Bonchev–Trinajstić information content (AvgIpc) is 2.70. The number of amides is 1. The van der Waals surface area contributed by atoms with Crippen molar-refractivity contribution >= 4 is 11.7 Å². The molecule has 0 radical (unpaired) electrons. The molecule has 0 aliphatic heterocycles. The maximum atomic E-state index is 12.0. The molecule has 6 heteroatoms. The Labute approximate surface area is 94.8 Å². The molecular weight excluding hydrogens is 208 g/mol. The number of anilines is 1. The molecule has 3 N–H and O–H groups in total. The quantitative estimate of drug-likeness (QED) is 0.691. The van der Waals surface area contributed by atoms with Gasteiger partial charge in [-0.2, -0.15) is 5.10 Å². The number of hydrogen-bond acceptors (Lipinski definition) is 4. The Morgan fingerprint density at radius 1 is 1.62 bits per heavy atom. The predicted molar refractivity (Wildman–Crippen MR) is 61.1 cm³/mol. The Morgan fingerprint density at radius 3 is 2.88 bits per heavy atom. The van der Waals surface area contributed by atoms with Crippen LogP contribution in [0, 0.1) is 0 Å². The molecule has 0 aromatic carbocycles. The van der Waals surface area contributed by atoms with Gasteiger partial charge in [-0.1, -0.05) is 0 Å². The predicted octanol–water partition coefficient (Wildman–Crippen LogP) is 0.491. The number of ether oxygens (including phenoxy) is 1. The first kappa shape index (κ1) is 12.5. The summed E-state index contributed by atoms with van der Waals surface area (Å²) >= 11 is 0. The van der Waals surface area contributed by atoms with E-state index in [1.807, 2.05) is 13.8 Å². The Bertz CT molecular complexity index is 337. The van der Waals surface area contributed by atoms with Crippen LogP contribution in [0.15, 0.2) is 6.20 Å². The monoisotopic (exact) mass is 226 g/mol. The van der Waals surface area contributed by atoms with Crippen molar-refractivity contribution in [2.45, 2.75) is 13.8 Å². The summed E-state index contributed by atoms with van der Waals surface area (Å²) in [5, 5.41) is 6.27. The van der Waals surface area contributed by atoms with Gasteiger partial charge in [0.15, 0.2) is 0 Å². The zero-order chi connectivity index (χ0) is 12.0. The Morgan fingerprint density at radius 2 is 2.38 bits per heavy atom. The van der Waals surface area contributed by atoms with Gasteiger partial charge >= 0.3 is 0 Å². The number of aromatic amines is 1. The maximum absolute atomic E-state index is 12.0. The summed E-state index contributed by atoms with van der Waals surface area (Å²) in [5.74, 6) is 0.188. The molecule has 0 spiro atoms. The molecule has 0 saturated carbocycles. The van der Waals surface area contributed by atoms with Crippen LogP contribution in [0.4, 0.5) is 5.82 Å². The third kappa shape index (κ3) is 2.96. The normalized spacial score (nSPS) is 10.4. The van der Waals surface area contributed by atoms with E-state index in [2.05, 4.69) is 10.2 Å². The first-order valence-corrected chi connectivity index (χ1v) is 5.36. The molecule has 16 heavy (non-hydrogen) atoms. The molecule has 1 rings (SSSR count). The molecular formula is C10H18N4O2. The van der Waals surface area contributed by atoms with Gasteiger partial charge in [-0.15, -0.1) is 0 Å². The summed E-state index contributed by atoms with van der Waals surface area (Å²) in [7, 11) is 0. The van der Waals surface area contributed by atoms with E-state index in [-0.39, 0.29) is 5.91 Å². The number of nitrogens with two attached hydrogens (primary N) is 1. The standard InChI is InChI=1S/C10H18N4O2/c1-3-14(5-6-16-4-2)10(15)8-7-12-13-9(8)11/h7H,3-6H2,1-2H3,(H3,11,12,13). The van der Waals surface area contributed by atoms with Crippen molar-refractivity contribution < 1.29 is 9.53 Å². The molecule has 0 fully saturated rings. The number of carbonyl (C=O) groups is 1. The van der Waals surface area contributed by atoms with Crippen LogP contribution >= 0.6 is 0 Å². The SMILES string of the molecule is CCOCCN(CC)C(=O)c1cn[nH]c1N. The summed E-state index contributed by atoms with van der Waals surface area (Å²) in [5.41, 5.74) is 6.01. The van der Waals surface area contributed by atoms with Gasteiger partial charge in [-0.05, 0) is 13.8 Å². The van der Waals surface area contributed by atoms with E-state index < -0.39 is 0 Å². The number of aromatic nitrogens is 2. The first-order chi connectivity index (χ1) is 7.70. The van der Waals surface area contributed by atoms with Gasteiger partial charge < -0.3 is 15.4 Å². The molecule has 1 aromatic rings. The lowest BCUT2D eigenvalue weighted by molar-refractivity contribution is 0.0670. The van der Waals surface area contributed by atoms with Crippen molar-refractivity contribution in [3.05, 3.63) is 11.8 Å². The second-order valence-corrected chi connectivity index (χ2v) is 3.28. The number of H-pyrrole nitrogens is 1. The van der Waals surface area contributed by atoms with E-state index in [0.717, 1.165) is 0 Å². The van der Waals surface area contributed by atoms with Gasteiger partial charge in [-0.3, -0.25) is 9.89 Å². The molecule has 0 saturated heterocycles. The van der Waals surface area contributed by atoms with Gasteiger partial charge in [0.1, 0.15) is 11.4 Å². The highest BCUT2D eigenvalue weighted by Crippen LogP contribution is 2.09. The number of likely N-dealkylation sites (N-methyl/N-ethyl adjacent to an activating group) is 1. The molecule has 0 unspecified atom stereocenters. The van der Waals surface area contributed by atoms with Crippen LogP contribution in [0.5, 0.6) is 0 Å². The van der Waals surface area contributed by atoms with E-state index >= 15 is 0 Å². The molecule has 90 valence electrons. The molecule has 6 nitrogen and oxygen atoms in total. The highest BCUT2D eigenvalue weighted by atomic mass is 16.5. The van der Waals surface area contributed by atoms with Gasteiger partial charge in [0, 0.05) is 19.7 Å². The Hall–Kier alpha value is -1.56. The van der Waals surface area contributed by atoms with Crippen LogP contribution < -0.4 is 5.73 Å². The fraction of sp³-hybridized carbons (Fsp3) is 0.600. The third-order valence-corrected chi connectivity index (χ3v) is 2.28. The summed E-state index contributed by atoms with van der Waals surface area (Å²) in [6.45, 7) is 6.21. The molecule has 1 heterocycles. The zero-order valence-corrected chi connectivity index (χ0v) is 9.69. The van der Waals surface area contributed by atoms with E-state index in [4.69, 9.17) is 10.5 Å². The number of nitrogens with zero attached hydrogens (tertiary/aromatic N) is 2. The van der Waals surface area contributed by atoms with Crippen LogP contribution in [-0.2, 0) is 4.74 Å². The summed E-state index contributed by atoms with van der Waals surface area (Å²) in [4.78, 5) is 13.7. The fourth-order valence-corrected chi connectivity index (χ4v) is 1.36. The van der Waals surface area contributed by atoms with Gasteiger partial charge in [0.05, 0.1) is 12.8 Å². The molecule has 0 bridgehead atoms. The summed E-state index contributed by atoms with van der Waals surface area (Å²) in [6.07, 6.45) is 1.45. The van der Waals surface area contributed by atoms with Gasteiger partial charge in [-0.25, -0.2) is 0 Å². The van der Waals surface area contributed by atoms with Gasteiger partial charge in [0.2, 0.25) is 0 Å². The van der Waals surface area contributed by atoms with Crippen molar-refractivity contribution in [3.8, 4) is 0 Å². The fourth-order valence-electron chi connectivity index (χ4n) is 1.36. The minimum absolute atomic E-state index is 0.117. The van der Waals surface area contributed by atoms with Gasteiger partial charge in [0.25, 0.3) is 5.91 Å². The second kappa shape index (κ2) is 6.12. The van der Waals surface area contributed by atoms with Crippen molar-refractivity contribution in [3.63, 3.8) is 0 Å². The minimum atomic E-state index is -0.117. The van der Waals surface area contributed by atoms with Crippen molar-refractivity contribution in [1.82, 2.24) is 15.1 Å². The molecule has 0 atom stereocenters. The highest BCUT2D eigenvalue weighted by molar-refractivity contribution is 5.98. The van der Waals surface area contributed by atoms with E-state index in [0.29, 0.717) is 37.7 Å². The van der Waals surface area contributed by atoms with Crippen LogP contribution in [0.2, 0.25) is 0 Å². The molecule has 0 aliphatic rings. The summed E-state index contributed by atoms with van der Waals surface area (Å²) < 4.78 is 5.21. The topological polar surface area (TPSA) is 84.2 Å². The van der Waals surface area contributed by atoms with Crippen molar-refractivity contribution in [2.24, 2.45) is 0 Å². The van der Waals surface area contributed by atoms with E-state index in [9.17, 15) is 4.79 Å². The lowest BCUT2D eigenvalue weighted by Gasteiger charge is -2.20. The number of nitrogen functional groups attached to an aromatic ring is 1. The van der Waals surface area contributed by atoms with Crippen molar-refractivity contribution in [2.75, 3.05) is 32.0 Å². The summed E-state index contributed by atoms with van der Waals surface area (Å²) in [6, 6.07) is 0. The third-order valence-electron chi connectivity index (χ3n) is 2.28. The van der Waals surface area contributed by atoms with Crippen LogP contribution in [0.3, 0.4) is 0 Å². The maximum Gasteiger partial charge on any atom is 0.259 e. The largest absolute Gasteiger partial charge is 0.383 e. The number of carbonyl (C=O) groups excluding carboxylic acids is 1. The van der Waals surface area contributed by atoms with E-state index in [1.54, 1.807) is 4.90 Å². The second-order valence-electron chi connectivity index (χ2n) is 3.28. The molecule has 1 aromatic heterocycles. The van der Waals surface area contributed by atoms with Crippen LogP contribution in [-0.4, -0.2) is 47.3 Å². The molecule has 1 amide bonds. The highest BCUT2D eigenvalue weighted by Gasteiger charge is 2.17. The zero-order valence-electron chi connectivity index (χ0n) is 9.69. The number of nitrogens with one attached hydrogen (secondary N) is 1. The Balaban J connectivity index is 2.59. The number of hydrogen-bond donors (Lipinski definition) is 2. The number of rotatable bonds is 6. The van der Waals surface area contributed by atoms with E-state index in [1.165, 1.54) is 6.20 Å². The first-order valence-electron chi connectivity index (χ1n) is 5.36. The van der Waals surface area contributed by atoms with Crippen molar-refractivity contribution in [1.29, 1.82) is 0 Å². The van der Waals surface area contributed by atoms with Crippen LogP contribution in [0.1, 0.15) is 24.2 Å².